The van der Waals surface area contributed by atoms with E-state index in [0.717, 1.165) is 9.35 Å². The molecule has 0 saturated heterocycles. The first kappa shape index (κ1) is 11.7. The van der Waals surface area contributed by atoms with E-state index < -0.39 is 0 Å². The molecule has 0 unspecified atom stereocenters. The molecule has 0 amide bonds. The minimum absolute atomic E-state index is 0.422. The number of hydrogen-bond donors (Lipinski definition) is 1. The molecule has 1 heterocycles. The van der Waals surface area contributed by atoms with Crippen LogP contribution in [0.1, 0.15) is 4.88 Å². The Balaban J connectivity index is 2.07. The third-order valence-corrected chi connectivity index (χ3v) is 3.44. The first-order valence-corrected chi connectivity index (χ1v) is 6.42. The zero-order chi connectivity index (χ0) is 11.5. The number of hydrogen-bond acceptors (Lipinski definition) is 4. The topological polar surface area (TPSA) is 48.1 Å². The second-order valence-electron chi connectivity index (χ2n) is 3.03. The van der Waals surface area contributed by atoms with Crippen LogP contribution < -0.4 is 10.5 Å². The molecule has 0 atom stereocenters. The van der Waals surface area contributed by atoms with Crippen molar-refractivity contribution in [3.8, 4) is 5.75 Å². The number of rotatable bonds is 3. The number of ether oxygens (including phenoxy) is 1. The molecular formula is C10H8BrClN2OS. The third-order valence-electron chi connectivity index (χ3n) is 1.83. The van der Waals surface area contributed by atoms with Crippen LogP contribution in [0.5, 0.6) is 5.75 Å². The lowest BCUT2D eigenvalue weighted by molar-refractivity contribution is 0.309. The Kier molecular flexibility index (Phi) is 3.68. The van der Waals surface area contributed by atoms with Crippen LogP contribution in [0.3, 0.4) is 0 Å². The van der Waals surface area contributed by atoms with Crippen LogP contribution in [0, 0.1) is 0 Å². The molecule has 0 fully saturated rings. The third kappa shape index (κ3) is 2.87. The van der Waals surface area contributed by atoms with Crippen molar-refractivity contribution >= 4 is 44.0 Å². The van der Waals surface area contributed by atoms with E-state index in [2.05, 4.69) is 20.9 Å². The first-order chi connectivity index (χ1) is 7.65. The van der Waals surface area contributed by atoms with Crippen LogP contribution in [0.25, 0.3) is 0 Å². The largest absolute Gasteiger partial charge is 0.486 e. The molecular weight excluding hydrogens is 312 g/mol. The monoisotopic (exact) mass is 318 g/mol. The number of nitrogens with zero attached hydrogens (tertiary/aromatic N) is 1. The van der Waals surface area contributed by atoms with Gasteiger partial charge < -0.3 is 10.5 Å². The Labute approximate surface area is 110 Å². The molecule has 0 radical (unpaired) electrons. The molecule has 16 heavy (non-hydrogen) atoms. The van der Waals surface area contributed by atoms with Gasteiger partial charge >= 0.3 is 0 Å². The van der Waals surface area contributed by atoms with Crippen molar-refractivity contribution in [2.75, 3.05) is 5.73 Å². The lowest BCUT2D eigenvalue weighted by atomic mass is 10.3. The zero-order valence-electron chi connectivity index (χ0n) is 8.11. The quantitative estimate of drug-likeness (QED) is 0.938. The molecule has 2 aromatic rings. The zero-order valence-corrected chi connectivity index (χ0v) is 11.3. The second-order valence-corrected chi connectivity index (χ2v) is 5.50. The van der Waals surface area contributed by atoms with Crippen molar-refractivity contribution in [1.29, 1.82) is 0 Å². The van der Waals surface area contributed by atoms with Gasteiger partial charge in [0.05, 0.1) is 9.90 Å². The normalized spacial score (nSPS) is 10.4. The SMILES string of the molecule is Nc1ncc(COc2cc(Br)ccc2Cl)s1. The molecule has 0 spiro atoms. The summed E-state index contributed by atoms with van der Waals surface area (Å²) in [5.74, 6) is 0.642. The average Bonchev–Trinajstić information content (AvgIpc) is 2.66. The Morgan fingerprint density at radius 3 is 3.00 bits per heavy atom. The van der Waals surface area contributed by atoms with Crippen LogP contribution >= 0.6 is 38.9 Å². The van der Waals surface area contributed by atoms with Gasteiger partial charge in [-0.25, -0.2) is 4.98 Å². The Hall–Kier alpha value is -0.780. The van der Waals surface area contributed by atoms with E-state index in [-0.39, 0.29) is 0 Å². The molecule has 0 saturated carbocycles. The maximum atomic E-state index is 5.98. The van der Waals surface area contributed by atoms with Gasteiger partial charge in [0, 0.05) is 10.7 Å². The van der Waals surface area contributed by atoms with Crippen molar-refractivity contribution < 1.29 is 4.74 Å². The summed E-state index contributed by atoms with van der Waals surface area (Å²) in [5, 5.41) is 1.12. The molecule has 2 N–H and O–H groups in total. The highest BCUT2D eigenvalue weighted by Crippen LogP contribution is 2.29. The molecule has 1 aromatic heterocycles. The summed E-state index contributed by atoms with van der Waals surface area (Å²) in [5.41, 5.74) is 5.52. The van der Waals surface area contributed by atoms with E-state index in [1.54, 1.807) is 12.3 Å². The highest BCUT2D eigenvalue weighted by Gasteiger charge is 2.04. The summed E-state index contributed by atoms with van der Waals surface area (Å²) in [6.45, 7) is 0.422. The van der Waals surface area contributed by atoms with E-state index in [1.807, 2.05) is 12.1 Å². The van der Waals surface area contributed by atoms with Crippen LogP contribution in [0.2, 0.25) is 5.02 Å². The molecule has 0 bridgehead atoms. The highest BCUT2D eigenvalue weighted by molar-refractivity contribution is 9.10. The molecule has 2 rings (SSSR count). The Bertz CT molecular complexity index is 503. The number of thiazole rings is 1. The van der Waals surface area contributed by atoms with Gasteiger partial charge in [-0.2, -0.15) is 0 Å². The number of nitrogen functional groups attached to an aromatic ring is 1. The van der Waals surface area contributed by atoms with E-state index in [4.69, 9.17) is 22.1 Å². The van der Waals surface area contributed by atoms with Crippen molar-refractivity contribution in [2.45, 2.75) is 6.61 Å². The van der Waals surface area contributed by atoms with Crippen molar-refractivity contribution in [1.82, 2.24) is 4.98 Å². The summed E-state index contributed by atoms with van der Waals surface area (Å²) in [6.07, 6.45) is 1.70. The molecule has 3 nitrogen and oxygen atoms in total. The van der Waals surface area contributed by atoms with Crippen molar-refractivity contribution in [3.05, 3.63) is 38.8 Å². The van der Waals surface area contributed by atoms with E-state index >= 15 is 0 Å². The lowest BCUT2D eigenvalue weighted by Gasteiger charge is -2.06. The van der Waals surface area contributed by atoms with E-state index in [9.17, 15) is 0 Å². The van der Waals surface area contributed by atoms with Gasteiger partial charge in [0.2, 0.25) is 0 Å². The molecule has 84 valence electrons. The van der Waals surface area contributed by atoms with Crippen LogP contribution in [0.15, 0.2) is 28.9 Å². The lowest BCUT2D eigenvalue weighted by Crippen LogP contribution is -1.93. The van der Waals surface area contributed by atoms with Gasteiger partial charge in [-0.15, -0.1) is 0 Å². The summed E-state index contributed by atoms with van der Waals surface area (Å²) >= 11 is 10.7. The number of benzene rings is 1. The maximum absolute atomic E-state index is 5.98. The van der Waals surface area contributed by atoms with E-state index in [1.165, 1.54) is 11.3 Å². The number of aromatic nitrogens is 1. The molecule has 0 aliphatic rings. The fourth-order valence-electron chi connectivity index (χ4n) is 1.13. The number of halogens is 2. The Morgan fingerprint density at radius 1 is 1.50 bits per heavy atom. The predicted molar refractivity (Wildman–Crippen MR) is 70.0 cm³/mol. The van der Waals surface area contributed by atoms with E-state index in [0.29, 0.717) is 22.5 Å². The molecule has 6 heteroatoms. The van der Waals surface area contributed by atoms with Gasteiger partial charge in [-0.1, -0.05) is 38.9 Å². The molecule has 0 aliphatic carbocycles. The van der Waals surface area contributed by atoms with Crippen molar-refractivity contribution in [3.63, 3.8) is 0 Å². The molecule has 0 aliphatic heterocycles. The van der Waals surface area contributed by atoms with Gasteiger partial charge in [-0.3, -0.25) is 0 Å². The van der Waals surface area contributed by atoms with Gasteiger partial charge in [0.15, 0.2) is 5.13 Å². The van der Waals surface area contributed by atoms with Gasteiger partial charge in [0.25, 0.3) is 0 Å². The fourth-order valence-corrected chi connectivity index (χ4v) is 2.24. The van der Waals surface area contributed by atoms with Crippen LogP contribution in [0.4, 0.5) is 5.13 Å². The number of anilines is 1. The summed E-state index contributed by atoms with van der Waals surface area (Å²) < 4.78 is 6.50. The smallest absolute Gasteiger partial charge is 0.180 e. The fraction of sp³-hybridized carbons (Fsp3) is 0.100. The summed E-state index contributed by atoms with van der Waals surface area (Å²) in [6, 6.07) is 5.47. The first-order valence-electron chi connectivity index (χ1n) is 4.43. The predicted octanol–water partition coefficient (Wildman–Crippen LogP) is 3.72. The summed E-state index contributed by atoms with van der Waals surface area (Å²) in [7, 11) is 0. The summed E-state index contributed by atoms with van der Waals surface area (Å²) in [4.78, 5) is 4.91. The average molecular weight is 320 g/mol. The maximum Gasteiger partial charge on any atom is 0.180 e. The van der Waals surface area contributed by atoms with Gasteiger partial charge in [-0.05, 0) is 18.2 Å². The minimum Gasteiger partial charge on any atom is -0.486 e. The van der Waals surface area contributed by atoms with Crippen LogP contribution in [-0.2, 0) is 6.61 Å². The van der Waals surface area contributed by atoms with Crippen molar-refractivity contribution in [2.24, 2.45) is 0 Å². The van der Waals surface area contributed by atoms with Crippen LogP contribution in [-0.4, -0.2) is 4.98 Å². The Morgan fingerprint density at radius 2 is 2.31 bits per heavy atom. The highest BCUT2D eigenvalue weighted by atomic mass is 79.9. The minimum atomic E-state index is 0.422. The number of nitrogens with two attached hydrogens (primary N) is 1. The molecule has 1 aromatic carbocycles. The standard InChI is InChI=1S/C10H8BrClN2OS/c11-6-1-2-8(12)9(3-6)15-5-7-4-14-10(13)16-7/h1-4H,5H2,(H2,13,14). The van der Waals surface area contributed by atoms with Gasteiger partial charge in [0.1, 0.15) is 12.4 Å². The second kappa shape index (κ2) is 5.03.